The van der Waals surface area contributed by atoms with Crippen molar-refractivity contribution in [3.8, 4) is 5.75 Å². The molecule has 2 rings (SSSR count). The van der Waals surface area contributed by atoms with Crippen molar-refractivity contribution in [2.24, 2.45) is 0 Å². The van der Waals surface area contributed by atoms with E-state index in [4.69, 9.17) is 4.74 Å². The van der Waals surface area contributed by atoms with Crippen molar-refractivity contribution in [3.63, 3.8) is 0 Å². The normalized spacial score (nSPS) is 12.4. The fourth-order valence-electron chi connectivity index (χ4n) is 3.93. The Morgan fingerprint density at radius 2 is 1.76 bits per heavy atom. The molecule has 11 nitrogen and oxygen atoms in total. The van der Waals surface area contributed by atoms with Gasteiger partial charge in [-0.2, -0.15) is 0 Å². The number of nitro groups is 1. The number of nitrogens with one attached hydrogen (secondary N) is 1. The summed E-state index contributed by atoms with van der Waals surface area (Å²) in [6.45, 7) is 6.73. The number of non-ortho nitro benzene ring substituents is 1. The molecule has 0 heterocycles. The van der Waals surface area contributed by atoms with Gasteiger partial charge in [-0.15, -0.1) is 0 Å². The van der Waals surface area contributed by atoms with E-state index in [1.807, 2.05) is 51.1 Å². The van der Waals surface area contributed by atoms with Crippen LogP contribution in [0.15, 0.2) is 48.5 Å². The highest BCUT2D eigenvalue weighted by Crippen LogP contribution is 2.33. The zero-order valence-corrected chi connectivity index (χ0v) is 23.4. The van der Waals surface area contributed by atoms with E-state index in [1.165, 1.54) is 24.1 Å². The van der Waals surface area contributed by atoms with E-state index in [1.54, 1.807) is 6.92 Å². The fourth-order valence-corrected chi connectivity index (χ4v) is 4.78. The van der Waals surface area contributed by atoms with E-state index >= 15 is 0 Å². The number of carbonyl (C=O) groups excluding carboxylic acids is 2. The van der Waals surface area contributed by atoms with Crippen LogP contribution in [0.5, 0.6) is 5.75 Å². The largest absolute Gasteiger partial charge is 0.495 e. The third-order valence-corrected chi connectivity index (χ3v) is 6.82. The first-order chi connectivity index (χ1) is 17.7. The number of nitrogens with zero attached hydrogens (tertiary/aromatic N) is 3. The molecule has 0 spiro atoms. The third-order valence-electron chi connectivity index (χ3n) is 5.69. The standard InChI is InChI=1S/C26H36N4O7S/c1-7-21(25(32)27-26(2,3)4)28(16-15-19-11-9-8-10-12-19)24(31)18-29(38(6,35)36)22-17-20(30(33)34)13-14-23(22)37-5/h8-14,17,21H,7,15-16,18H2,1-6H3,(H,27,32). The zero-order valence-electron chi connectivity index (χ0n) is 22.6. The van der Waals surface area contributed by atoms with E-state index in [-0.39, 0.29) is 29.6 Å². The molecule has 0 aliphatic heterocycles. The summed E-state index contributed by atoms with van der Waals surface area (Å²) >= 11 is 0. The molecule has 1 unspecified atom stereocenters. The number of rotatable bonds is 12. The SMILES string of the molecule is CCC(C(=O)NC(C)(C)C)N(CCc1ccccc1)C(=O)CN(c1cc([N+](=O)[O-])ccc1OC)S(C)(=O)=O. The van der Waals surface area contributed by atoms with Gasteiger partial charge in [-0.3, -0.25) is 24.0 Å². The Labute approximate surface area is 224 Å². The molecule has 208 valence electrons. The molecule has 0 aliphatic rings. The van der Waals surface area contributed by atoms with Gasteiger partial charge in [0.05, 0.1) is 18.3 Å². The molecule has 38 heavy (non-hydrogen) atoms. The van der Waals surface area contributed by atoms with Gasteiger partial charge in [0.1, 0.15) is 24.0 Å². The summed E-state index contributed by atoms with van der Waals surface area (Å²) in [6, 6.07) is 12.0. The Bertz CT molecular complexity index is 1240. The number of hydrogen-bond donors (Lipinski definition) is 1. The van der Waals surface area contributed by atoms with Crippen molar-refractivity contribution in [1.82, 2.24) is 10.2 Å². The molecule has 0 bridgehead atoms. The lowest BCUT2D eigenvalue weighted by atomic mass is 10.1. The fraction of sp³-hybridized carbons (Fsp3) is 0.462. The lowest BCUT2D eigenvalue weighted by Gasteiger charge is -2.34. The van der Waals surface area contributed by atoms with Crippen molar-refractivity contribution < 1.29 is 27.7 Å². The van der Waals surface area contributed by atoms with Crippen molar-refractivity contribution in [1.29, 1.82) is 0 Å². The smallest absolute Gasteiger partial charge is 0.271 e. The number of hydrogen-bond acceptors (Lipinski definition) is 7. The molecule has 2 aromatic rings. The van der Waals surface area contributed by atoms with Gasteiger partial charge < -0.3 is 15.0 Å². The monoisotopic (exact) mass is 548 g/mol. The maximum absolute atomic E-state index is 13.7. The number of methoxy groups -OCH3 is 1. The van der Waals surface area contributed by atoms with Crippen molar-refractivity contribution >= 4 is 33.2 Å². The lowest BCUT2D eigenvalue weighted by Crippen LogP contribution is -2.56. The summed E-state index contributed by atoms with van der Waals surface area (Å²) in [6.07, 6.45) is 1.63. The highest BCUT2D eigenvalue weighted by Gasteiger charge is 2.34. The molecule has 0 aromatic heterocycles. The zero-order chi connectivity index (χ0) is 28.7. The van der Waals surface area contributed by atoms with Gasteiger partial charge in [0.25, 0.3) is 5.69 Å². The average molecular weight is 549 g/mol. The van der Waals surface area contributed by atoms with Gasteiger partial charge >= 0.3 is 0 Å². The first kappa shape index (κ1) is 30.6. The lowest BCUT2D eigenvalue weighted by molar-refractivity contribution is -0.384. The topological polar surface area (TPSA) is 139 Å². The molecule has 0 saturated carbocycles. The van der Waals surface area contributed by atoms with Crippen LogP contribution in [0.3, 0.4) is 0 Å². The van der Waals surface area contributed by atoms with Crippen LogP contribution in [-0.4, -0.2) is 68.1 Å². The minimum atomic E-state index is -4.09. The molecule has 2 amide bonds. The molecule has 0 fully saturated rings. The maximum atomic E-state index is 13.7. The van der Waals surface area contributed by atoms with Crippen molar-refractivity contribution in [2.45, 2.75) is 52.1 Å². The van der Waals surface area contributed by atoms with E-state index in [2.05, 4.69) is 5.32 Å². The summed E-state index contributed by atoms with van der Waals surface area (Å²) < 4.78 is 31.7. The molecule has 12 heteroatoms. The summed E-state index contributed by atoms with van der Waals surface area (Å²) in [5.74, 6) is -0.946. The van der Waals surface area contributed by atoms with Gasteiger partial charge in [0.15, 0.2) is 0 Å². The van der Waals surface area contributed by atoms with Gasteiger partial charge in [0, 0.05) is 24.2 Å². The minimum absolute atomic E-state index is 0.0437. The number of carbonyl (C=O) groups is 2. The quantitative estimate of drug-likeness (QED) is 0.317. The van der Waals surface area contributed by atoms with Crippen LogP contribution in [0.2, 0.25) is 0 Å². The summed E-state index contributed by atoms with van der Waals surface area (Å²) in [7, 11) is -2.79. The predicted molar refractivity (Wildman–Crippen MR) is 146 cm³/mol. The second-order valence-electron chi connectivity index (χ2n) is 9.87. The second kappa shape index (κ2) is 12.7. The van der Waals surface area contributed by atoms with Crippen LogP contribution in [0.1, 0.15) is 39.7 Å². The summed E-state index contributed by atoms with van der Waals surface area (Å²) in [5, 5.41) is 14.3. The summed E-state index contributed by atoms with van der Waals surface area (Å²) in [4.78, 5) is 39.0. The van der Waals surface area contributed by atoms with Crippen LogP contribution in [0, 0.1) is 10.1 Å². The Balaban J connectivity index is 2.51. The number of sulfonamides is 1. The van der Waals surface area contributed by atoms with Gasteiger partial charge in [-0.25, -0.2) is 8.42 Å². The molecular formula is C26H36N4O7S. The van der Waals surface area contributed by atoms with Crippen LogP contribution >= 0.6 is 0 Å². The molecule has 2 aromatic carbocycles. The highest BCUT2D eigenvalue weighted by atomic mass is 32.2. The number of amides is 2. The Morgan fingerprint density at radius 1 is 1.13 bits per heavy atom. The van der Waals surface area contributed by atoms with Gasteiger partial charge in [-0.05, 0) is 45.2 Å². The summed E-state index contributed by atoms with van der Waals surface area (Å²) in [5.41, 5.74) is -0.114. The van der Waals surface area contributed by atoms with Crippen LogP contribution < -0.4 is 14.4 Å². The van der Waals surface area contributed by atoms with Crippen LogP contribution in [0.25, 0.3) is 0 Å². The van der Waals surface area contributed by atoms with E-state index in [0.29, 0.717) is 12.8 Å². The molecule has 1 atom stereocenters. The minimum Gasteiger partial charge on any atom is -0.495 e. The van der Waals surface area contributed by atoms with Crippen LogP contribution in [0.4, 0.5) is 11.4 Å². The first-order valence-corrected chi connectivity index (χ1v) is 14.0. The Morgan fingerprint density at radius 3 is 2.26 bits per heavy atom. The molecule has 0 saturated heterocycles. The van der Waals surface area contributed by atoms with Crippen LogP contribution in [-0.2, 0) is 26.0 Å². The Hall–Kier alpha value is -3.67. The molecule has 0 radical (unpaired) electrons. The van der Waals surface area contributed by atoms with Crippen molar-refractivity contribution in [3.05, 3.63) is 64.2 Å². The predicted octanol–water partition coefficient (Wildman–Crippen LogP) is 3.13. The first-order valence-electron chi connectivity index (χ1n) is 12.1. The number of ether oxygens (including phenoxy) is 1. The molecule has 1 N–H and O–H groups in total. The number of benzene rings is 2. The molecule has 0 aliphatic carbocycles. The second-order valence-corrected chi connectivity index (χ2v) is 11.8. The maximum Gasteiger partial charge on any atom is 0.271 e. The number of anilines is 1. The van der Waals surface area contributed by atoms with Crippen molar-refractivity contribution in [2.75, 3.05) is 30.8 Å². The van der Waals surface area contributed by atoms with E-state index < -0.39 is 39.0 Å². The average Bonchev–Trinajstić information content (AvgIpc) is 2.83. The third kappa shape index (κ3) is 8.44. The molecular weight excluding hydrogens is 512 g/mol. The van der Waals surface area contributed by atoms with E-state index in [9.17, 15) is 28.1 Å². The van der Waals surface area contributed by atoms with Gasteiger partial charge in [-0.1, -0.05) is 37.3 Å². The highest BCUT2D eigenvalue weighted by molar-refractivity contribution is 7.92. The van der Waals surface area contributed by atoms with Gasteiger partial charge in [0.2, 0.25) is 21.8 Å². The number of nitro benzene ring substituents is 1. The Kier molecular flexibility index (Phi) is 10.2. The van der Waals surface area contributed by atoms with E-state index in [0.717, 1.165) is 22.2 Å².